The van der Waals surface area contributed by atoms with Crippen molar-refractivity contribution in [2.45, 2.75) is 40.0 Å². The molecule has 1 aliphatic rings. The van der Waals surface area contributed by atoms with Crippen molar-refractivity contribution in [1.82, 2.24) is 10.4 Å². The summed E-state index contributed by atoms with van der Waals surface area (Å²) < 4.78 is 0. The molecule has 0 aliphatic heterocycles. The second-order valence-electron chi connectivity index (χ2n) is 9.71. The number of anilines is 1. The number of nitrogens with zero attached hydrogens (tertiary/aromatic N) is 2. The summed E-state index contributed by atoms with van der Waals surface area (Å²) in [5.74, 6) is -0.130. The predicted octanol–water partition coefficient (Wildman–Crippen LogP) is 6.41. The Morgan fingerprint density at radius 1 is 0.919 bits per heavy atom. The zero-order valence-electron chi connectivity index (χ0n) is 21.3. The molecule has 1 aromatic heterocycles. The van der Waals surface area contributed by atoms with Crippen LogP contribution in [0.4, 0.5) is 5.69 Å². The first-order valence-electron chi connectivity index (χ1n) is 12.6. The van der Waals surface area contributed by atoms with Crippen LogP contribution in [-0.2, 0) is 4.79 Å². The third-order valence-electron chi connectivity index (χ3n) is 7.11. The number of aryl methyl sites for hydroxylation is 2. The van der Waals surface area contributed by atoms with E-state index < -0.39 is 0 Å². The van der Waals surface area contributed by atoms with Gasteiger partial charge < -0.3 is 5.32 Å². The number of benzene rings is 3. The van der Waals surface area contributed by atoms with E-state index in [0.29, 0.717) is 11.3 Å². The molecule has 2 amide bonds. The Hall–Kier alpha value is -4.32. The lowest BCUT2D eigenvalue weighted by Gasteiger charge is -2.24. The van der Waals surface area contributed by atoms with Crippen LogP contribution in [-0.4, -0.2) is 22.5 Å². The first-order valence-corrected chi connectivity index (χ1v) is 12.6. The lowest BCUT2D eigenvalue weighted by molar-refractivity contribution is -0.122. The molecule has 0 radical (unpaired) electrons. The average molecular weight is 491 g/mol. The maximum absolute atomic E-state index is 13.3. The lowest BCUT2D eigenvalue weighted by Crippen LogP contribution is -2.28. The molecular formula is C31H30N4O2. The standard InChI is InChI=1S/C31H30N4O2/c1-19-14-15-24(16-20(19)2)29-18-27(26-12-4-5-13-28(26)33-29)31(37)35-34-21(3)23-10-7-11-25(17-23)32-30(36)22-8-6-9-22/h4-5,7,10-18,22H,6,8-9H2,1-3H3,(H,32,36)(H,35,37). The van der Waals surface area contributed by atoms with Gasteiger partial charge in [-0.3, -0.25) is 9.59 Å². The van der Waals surface area contributed by atoms with Gasteiger partial charge >= 0.3 is 0 Å². The second-order valence-corrected chi connectivity index (χ2v) is 9.71. The fourth-order valence-corrected chi connectivity index (χ4v) is 4.41. The van der Waals surface area contributed by atoms with Crippen molar-refractivity contribution in [2.24, 2.45) is 11.0 Å². The summed E-state index contributed by atoms with van der Waals surface area (Å²) in [5, 5.41) is 8.13. The van der Waals surface area contributed by atoms with Crippen LogP contribution in [0.2, 0.25) is 0 Å². The zero-order chi connectivity index (χ0) is 25.9. The molecule has 6 heteroatoms. The number of fused-ring (bicyclic) bond motifs is 1. The SMILES string of the molecule is CC(=NNC(=O)c1cc(-c2ccc(C)c(C)c2)nc2ccccc12)c1cccc(NC(=O)C2CCC2)c1. The summed E-state index contributed by atoms with van der Waals surface area (Å²) >= 11 is 0. The molecule has 186 valence electrons. The molecule has 1 aliphatic carbocycles. The van der Waals surface area contributed by atoms with Crippen molar-refractivity contribution in [1.29, 1.82) is 0 Å². The number of hydrogen-bond acceptors (Lipinski definition) is 4. The van der Waals surface area contributed by atoms with E-state index in [9.17, 15) is 9.59 Å². The fourth-order valence-electron chi connectivity index (χ4n) is 4.41. The second kappa shape index (κ2) is 10.3. The zero-order valence-corrected chi connectivity index (χ0v) is 21.3. The van der Waals surface area contributed by atoms with E-state index in [2.05, 4.69) is 41.8 Å². The van der Waals surface area contributed by atoms with E-state index in [4.69, 9.17) is 4.98 Å². The molecule has 1 heterocycles. The number of hydrogen-bond donors (Lipinski definition) is 2. The highest BCUT2D eigenvalue weighted by Gasteiger charge is 2.25. The molecule has 0 unspecified atom stereocenters. The molecule has 0 bridgehead atoms. The highest BCUT2D eigenvalue weighted by atomic mass is 16.2. The smallest absolute Gasteiger partial charge is 0.272 e. The lowest BCUT2D eigenvalue weighted by atomic mass is 9.85. The molecule has 3 aromatic carbocycles. The molecule has 0 atom stereocenters. The van der Waals surface area contributed by atoms with Crippen LogP contribution in [0, 0.1) is 19.8 Å². The van der Waals surface area contributed by atoms with Crippen molar-refractivity contribution in [3.63, 3.8) is 0 Å². The van der Waals surface area contributed by atoms with E-state index in [1.807, 2.05) is 67.6 Å². The minimum atomic E-state index is -0.308. The van der Waals surface area contributed by atoms with Crippen molar-refractivity contribution in [3.05, 3.63) is 95.1 Å². The summed E-state index contributed by atoms with van der Waals surface area (Å²) in [6, 6.07) is 23.1. The van der Waals surface area contributed by atoms with Crippen LogP contribution >= 0.6 is 0 Å². The number of aromatic nitrogens is 1. The Kier molecular flexibility index (Phi) is 6.82. The van der Waals surface area contributed by atoms with Gasteiger partial charge in [-0.25, -0.2) is 10.4 Å². The van der Waals surface area contributed by atoms with Gasteiger partial charge in [0.05, 0.1) is 22.5 Å². The molecular weight excluding hydrogens is 460 g/mol. The summed E-state index contributed by atoms with van der Waals surface area (Å²) in [4.78, 5) is 30.4. The maximum atomic E-state index is 13.3. The van der Waals surface area contributed by atoms with Gasteiger partial charge in [-0.1, -0.05) is 48.9 Å². The number of rotatable bonds is 6. The molecule has 6 nitrogen and oxygen atoms in total. The third kappa shape index (κ3) is 5.28. The monoisotopic (exact) mass is 490 g/mol. The number of carbonyl (C=O) groups is 2. The van der Waals surface area contributed by atoms with Gasteiger partial charge in [0.2, 0.25) is 5.91 Å². The van der Waals surface area contributed by atoms with Crippen LogP contribution in [0.25, 0.3) is 22.2 Å². The first-order chi connectivity index (χ1) is 17.9. The first kappa shape index (κ1) is 24.4. The van der Waals surface area contributed by atoms with Crippen LogP contribution in [0.15, 0.2) is 77.9 Å². The van der Waals surface area contributed by atoms with Gasteiger partial charge in [-0.05, 0) is 80.6 Å². The average Bonchev–Trinajstić information content (AvgIpc) is 2.87. The highest BCUT2D eigenvalue weighted by Crippen LogP contribution is 2.28. The van der Waals surface area contributed by atoms with E-state index in [-0.39, 0.29) is 17.7 Å². The molecule has 37 heavy (non-hydrogen) atoms. The number of carbonyl (C=O) groups excluding carboxylic acids is 2. The number of amides is 2. The van der Waals surface area contributed by atoms with Crippen molar-refractivity contribution < 1.29 is 9.59 Å². The van der Waals surface area contributed by atoms with E-state index >= 15 is 0 Å². The Morgan fingerprint density at radius 2 is 1.73 bits per heavy atom. The van der Waals surface area contributed by atoms with Crippen molar-refractivity contribution >= 4 is 34.1 Å². The summed E-state index contributed by atoms with van der Waals surface area (Å²) in [5.41, 5.74) is 10.2. The summed E-state index contributed by atoms with van der Waals surface area (Å²) in [6.45, 7) is 5.97. The Morgan fingerprint density at radius 3 is 2.49 bits per heavy atom. The summed E-state index contributed by atoms with van der Waals surface area (Å²) in [7, 11) is 0. The fraction of sp³-hybridized carbons (Fsp3) is 0.226. The van der Waals surface area contributed by atoms with Crippen LogP contribution < -0.4 is 10.7 Å². The minimum Gasteiger partial charge on any atom is -0.326 e. The molecule has 0 spiro atoms. The van der Waals surface area contributed by atoms with Gasteiger partial charge in [0.1, 0.15) is 0 Å². The third-order valence-corrected chi connectivity index (χ3v) is 7.11. The predicted molar refractivity (Wildman–Crippen MR) is 149 cm³/mol. The number of hydrazone groups is 1. The molecule has 1 fully saturated rings. The molecule has 2 N–H and O–H groups in total. The van der Waals surface area contributed by atoms with E-state index in [1.165, 1.54) is 11.1 Å². The molecule has 0 saturated heterocycles. The molecule has 1 saturated carbocycles. The largest absolute Gasteiger partial charge is 0.326 e. The van der Waals surface area contributed by atoms with Gasteiger partial charge in [-0.2, -0.15) is 5.10 Å². The van der Waals surface area contributed by atoms with Crippen molar-refractivity contribution in [2.75, 3.05) is 5.32 Å². The molecule has 4 aromatic rings. The van der Waals surface area contributed by atoms with Gasteiger partial charge in [0, 0.05) is 22.6 Å². The van der Waals surface area contributed by atoms with E-state index in [0.717, 1.165) is 52.7 Å². The summed E-state index contributed by atoms with van der Waals surface area (Å²) in [6.07, 6.45) is 3.02. The number of nitrogens with one attached hydrogen (secondary N) is 2. The molecule has 5 rings (SSSR count). The quantitative estimate of drug-likeness (QED) is 0.242. The topological polar surface area (TPSA) is 83.4 Å². The van der Waals surface area contributed by atoms with E-state index in [1.54, 1.807) is 0 Å². The maximum Gasteiger partial charge on any atom is 0.272 e. The van der Waals surface area contributed by atoms with Crippen molar-refractivity contribution in [3.8, 4) is 11.3 Å². The van der Waals surface area contributed by atoms with Gasteiger partial charge in [0.25, 0.3) is 5.91 Å². The Labute approximate surface area is 216 Å². The minimum absolute atomic E-state index is 0.0652. The van der Waals surface area contributed by atoms with Crippen LogP contribution in [0.1, 0.15) is 53.2 Å². The van der Waals surface area contributed by atoms with Gasteiger partial charge in [-0.15, -0.1) is 0 Å². The number of para-hydroxylation sites is 1. The normalized spacial score (nSPS) is 13.8. The van der Waals surface area contributed by atoms with Crippen LogP contribution in [0.5, 0.6) is 0 Å². The number of pyridine rings is 1. The Bertz CT molecular complexity index is 1540. The van der Waals surface area contributed by atoms with Gasteiger partial charge in [0.15, 0.2) is 0 Å². The highest BCUT2D eigenvalue weighted by molar-refractivity contribution is 6.08. The van der Waals surface area contributed by atoms with Crippen LogP contribution in [0.3, 0.4) is 0 Å². The Balaban J connectivity index is 1.39.